The lowest BCUT2D eigenvalue weighted by Crippen LogP contribution is -2.65. The van der Waals surface area contributed by atoms with Crippen molar-refractivity contribution in [2.24, 2.45) is 17.3 Å². The van der Waals surface area contributed by atoms with Crippen LogP contribution in [0.3, 0.4) is 0 Å². The van der Waals surface area contributed by atoms with E-state index in [1.54, 1.807) is 12.1 Å². The molecule has 3 saturated carbocycles. The highest BCUT2D eigenvalue weighted by Gasteiger charge is 2.68. The van der Waals surface area contributed by atoms with Crippen molar-refractivity contribution in [3.8, 4) is 5.75 Å². The van der Waals surface area contributed by atoms with Gasteiger partial charge in [-0.3, -0.25) is 4.79 Å². The first-order chi connectivity index (χ1) is 19.2. The van der Waals surface area contributed by atoms with Crippen LogP contribution in [0.25, 0.3) is 4.85 Å². The third-order valence-corrected chi connectivity index (χ3v) is 9.21. The molecule has 5 atom stereocenters. The topological polar surface area (TPSA) is 106 Å². The van der Waals surface area contributed by atoms with Gasteiger partial charge in [-0.15, -0.1) is 11.6 Å². The van der Waals surface area contributed by atoms with Crippen LogP contribution in [0.15, 0.2) is 24.5 Å². The number of carbonyl (C=O) groups is 2. The van der Waals surface area contributed by atoms with Crippen molar-refractivity contribution in [2.75, 3.05) is 7.11 Å². The molecule has 6 rings (SSSR count). The average molecular weight is 562 g/mol. The molecule has 11 heteroatoms. The number of rotatable bonds is 9. The molecule has 4 aliphatic rings. The highest BCUT2D eigenvalue weighted by atomic mass is 16.7. The summed E-state index contributed by atoms with van der Waals surface area (Å²) >= 11 is 0. The normalized spacial score (nSPS) is 26.9. The van der Waals surface area contributed by atoms with E-state index in [0.717, 1.165) is 18.4 Å². The first-order valence-corrected chi connectivity index (χ1v) is 14.3. The smallest absolute Gasteiger partial charge is 0.461 e. The Labute approximate surface area is 242 Å². The number of ether oxygens (including phenoxy) is 2. The van der Waals surface area contributed by atoms with Gasteiger partial charge in [0.1, 0.15) is 23.5 Å². The molecule has 2 aromatic rings. The third kappa shape index (κ3) is 5.52. The Morgan fingerprint density at radius 2 is 2.02 bits per heavy atom. The fourth-order valence-corrected chi connectivity index (χ4v) is 7.08. The Morgan fingerprint density at radius 3 is 2.66 bits per heavy atom. The molecule has 0 spiro atoms. The van der Waals surface area contributed by atoms with E-state index in [1.165, 1.54) is 18.1 Å². The van der Waals surface area contributed by atoms with Crippen molar-refractivity contribution in [1.82, 2.24) is 14.8 Å². The molecule has 0 radical (unpaired) electrons. The number of hydrogen-bond donors (Lipinski definition) is 0. The molecule has 1 aliphatic heterocycles. The lowest BCUT2D eigenvalue weighted by Gasteiger charge is -2.64. The van der Waals surface area contributed by atoms with Crippen LogP contribution < -0.4 is 4.74 Å². The van der Waals surface area contributed by atoms with E-state index in [4.69, 9.17) is 25.4 Å². The lowest BCUT2D eigenvalue weighted by atomic mass is 9.43. The second-order valence-electron chi connectivity index (χ2n) is 13.4. The predicted octanol–water partition coefficient (Wildman–Crippen LogP) is 5.09. The number of esters is 1. The van der Waals surface area contributed by atoms with Gasteiger partial charge in [-0.05, 0) is 75.8 Å². The van der Waals surface area contributed by atoms with Gasteiger partial charge in [-0.2, -0.15) is 4.68 Å². The van der Waals surface area contributed by atoms with Gasteiger partial charge in [0.2, 0.25) is 0 Å². The van der Waals surface area contributed by atoms with E-state index in [1.807, 2.05) is 26.8 Å². The largest absolute Gasteiger partial charge is 0.496 e. The van der Waals surface area contributed by atoms with Crippen molar-refractivity contribution in [1.29, 1.82) is 0 Å². The zero-order valence-corrected chi connectivity index (χ0v) is 25.0. The van der Waals surface area contributed by atoms with Crippen LogP contribution in [0.1, 0.15) is 76.7 Å². The molecule has 1 aromatic heterocycles. The maximum absolute atomic E-state index is 13.3. The van der Waals surface area contributed by atoms with Crippen molar-refractivity contribution < 1.29 is 28.4 Å². The van der Waals surface area contributed by atoms with Crippen LogP contribution in [0.4, 0.5) is 5.95 Å². The second kappa shape index (κ2) is 10.6. The van der Waals surface area contributed by atoms with Gasteiger partial charge in [0.15, 0.2) is 12.1 Å². The number of benzene rings is 1. The molecule has 0 unspecified atom stereocenters. The van der Waals surface area contributed by atoms with Gasteiger partial charge in [-0.25, -0.2) is 4.79 Å². The van der Waals surface area contributed by atoms with Gasteiger partial charge in [0, 0.05) is 12.2 Å². The summed E-state index contributed by atoms with van der Waals surface area (Å²) in [5.74, 6) is 0.489. The van der Waals surface area contributed by atoms with Gasteiger partial charge in [0.25, 0.3) is 0 Å². The Morgan fingerprint density at radius 1 is 1.27 bits per heavy atom. The molecule has 2 heterocycles. The standard InChI is InChI=1S/C30H39BN4O6/c1-28(2,3)39-26(37)22-11-9-10-18(25(22)38-8)12-20(15-21(36)16-35-17-33-27(32-7)34-35)31-40-24-14-19-13-23(29(19,4)5)30(24,6)41-31/h9-11,17,19-20,23-24H,12-16H2,1-6,8H3/t19-,20+,23-,24+,30-/m0/s1. The summed E-state index contributed by atoms with van der Waals surface area (Å²) in [6.45, 7) is 19.3. The Hall–Kier alpha value is -3.23. The quantitative estimate of drug-likeness (QED) is 0.236. The zero-order chi connectivity index (χ0) is 29.7. The van der Waals surface area contributed by atoms with E-state index in [9.17, 15) is 9.59 Å². The fraction of sp³-hybridized carbons (Fsp3) is 0.633. The summed E-state index contributed by atoms with van der Waals surface area (Å²) in [6, 6.07) is 5.38. The SMILES string of the molecule is [C-]#[N+]c1ncn(CC(=O)C[C@@H](Cc2cccc(C(=O)OC(C)(C)C)c2OC)B2O[C@@H]3C[C@@H]4C[C@@H](C4(C)C)[C@]3(C)O2)n1. The number of Topliss-reactive ketones (excluding diaryl/α,β-unsaturated/α-hetero) is 1. The maximum atomic E-state index is 13.3. The number of hydrogen-bond acceptors (Lipinski definition) is 8. The average Bonchev–Trinajstić information content (AvgIpc) is 3.50. The maximum Gasteiger partial charge on any atom is 0.461 e. The molecule has 41 heavy (non-hydrogen) atoms. The molecule has 2 bridgehead atoms. The highest BCUT2D eigenvalue weighted by Crippen LogP contribution is 2.66. The molecule has 1 saturated heterocycles. The molecular weight excluding hydrogens is 523 g/mol. The minimum atomic E-state index is -0.659. The van der Waals surface area contributed by atoms with Crippen LogP contribution >= 0.6 is 0 Å². The van der Waals surface area contributed by atoms with Crippen molar-refractivity contribution in [2.45, 2.75) is 96.9 Å². The van der Waals surface area contributed by atoms with Crippen LogP contribution in [0.2, 0.25) is 5.82 Å². The first-order valence-electron chi connectivity index (χ1n) is 14.3. The summed E-state index contributed by atoms with van der Waals surface area (Å²) in [7, 11) is 0.925. The number of nitrogens with zero attached hydrogens (tertiary/aromatic N) is 4. The molecule has 218 valence electrons. The van der Waals surface area contributed by atoms with Gasteiger partial charge in [-0.1, -0.05) is 31.1 Å². The number of para-hydroxylation sites is 1. The van der Waals surface area contributed by atoms with Crippen LogP contribution in [-0.2, 0) is 31.8 Å². The van der Waals surface area contributed by atoms with Gasteiger partial charge < -0.3 is 23.6 Å². The van der Waals surface area contributed by atoms with Crippen molar-refractivity contribution in [3.05, 3.63) is 47.1 Å². The van der Waals surface area contributed by atoms with E-state index < -0.39 is 24.3 Å². The molecule has 0 N–H and O–H groups in total. The lowest BCUT2D eigenvalue weighted by molar-refractivity contribution is -0.199. The molecule has 10 nitrogen and oxygen atoms in total. The molecule has 4 fully saturated rings. The zero-order valence-electron chi connectivity index (χ0n) is 25.0. The van der Waals surface area contributed by atoms with Crippen molar-refractivity contribution >= 4 is 24.8 Å². The number of carbonyl (C=O) groups excluding carboxylic acids is 2. The van der Waals surface area contributed by atoms with E-state index in [-0.39, 0.29) is 42.0 Å². The third-order valence-electron chi connectivity index (χ3n) is 9.21. The summed E-state index contributed by atoms with van der Waals surface area (Å²) < 4.78 is 26.1. The second-order valence-corrected chi connectivity index (χ2v) is 13.4. The molecule has 1 aromatic carbocycles. The summed E-state index contributed by atoms with van der Waals surface area (Å²) in [5, 5.41) is 4.04. The van der Waals surface area contributed by atoms with E-state index in [2.05, 4.69) is 35.7 Å². The number of ketones is 1. The van der Waals surface area contributed by atoms with Crippen molar-refractivity contribution in [3.63, 3.8) is 0 Å². The monoisotopic (exact) mass is 562 g/mol. The highest BCUT2D eigenvalue weighted by molar-refractivity contribution is 6.48. The van der Waals surface area contributed by atoms with Crippen LogP contribution in [0, 0.1) is 23.8 Å². The van der Waals surface area contributed by atoms with Crippen LogP contribution in [0.5, 0.6) is 5.75 Å². The first kappa shape index (κ1) is 29.3. The Bertz CT molecular complexity index is 1380. The molecular formula is C30H39BN4O6. The predicted molar refractivity (Wildman–Crippen MR) is 152 cm³/mol. The summed E-state index contributed by atoms with van der Waals surface area (Å²) in [6.07, 6.45) is 3.96. The van der Waals surface area contributed by atoms with Crippen LogP contribution in [-0.4, -0.2) is 58.1 Å². The molecule has 0 amide bonds. The number of aromatic nitrogens is 3. The van der Waals surface area contributed by atoms with E-state index >= 15 is 0 Å². The Balaban J connectivity index is 1.42. The van der Waals surface area contributed by atoms with Gasteiger partial charge in [0.05, 0.1) is 18.8 Å². The van der Waals surface area contributed by atoms with Gasteiger partial charge >= 0.3 is 19.0 Å². The number of methoxy groups -OCH3 is 1. The molecule has 3 aliphatic carbocycles. The van der Waals surface area contributed by atoms with E-state index in [0.29, 0.717) is 29.6 Å². The fourth-order valence-electron chi connectivity index (χ4n) is 7.08. The summed E-state index contributed by atoms with van der Waals surface area (Å²) in [4.78, 5) is 33.5. The Kier molecular flexibility index (Phi) is 7.54. The summed E-state index contributed by atoms with van der Waals surface area (Å²) in [5.41, 5.74) is 0.196. The minimum absolute atomic E-state index is 0.000828. The minimum Gasteiger partial charge on any atom is -0.496 e.